The van der Waals surface area contributed by atoms with Crippen LogP contribution in [0.3, 0.4) is 0 Å². The Labute approximate surface area is 283 Å². The molecule has 3 heteroatoms. The van der Waals surface area contributed by atoms with E-state index >= 15 is 0 Å². The number of rotatable bonds is 4. The molecule has 3 aromatic heterocycles. The maximum Gasteiger partial charge on any atom is 0.0619 e. The molecule has 0 amide bonds. The molecule has 49 heavy (non-hydrogen) atoms. The highest BCUT2D eigenvalue weighted by Crippen LogP contribution is 2.42. The summed E-state index contributed by atoms with van der Waals surface area (Å²) in [5.41, 5.74) is 10.7. The first-order valence-electron chi connectivity index (χ1n) is 16.6. The molecule has 10 aromatic rings. The quantitative estimate of drug-likeness (QED) is 0.195. The van der Waals surface area contributed by atoms with Crippen molar-refractivity contribution in [2.75, 3.05) is 0 Å². The summed E-state index contributed by atoms with van der Waals surface area (Å²) in [6.07, 6.45) is 7.48. The van der Waals surface area contributed by atoms with Gasteiger partial charge in [0.25, 0.3) is 0 Å². The van der Waals surface area contributed by atoms with E-state index in [-0.39, 0.29) is 0 Å². The Morgan fingerprint density at radius 3 is 1.90 bits per heavy atom. The molecule has 0 radical (unpaired) electrons. The summed E-state index contributed by atoms with van der Waals surface area (Å²) in [5.74, 6) is 0. The fourth-order valence-electron chi connectivity index (χ4n) is 7.70. The van der Waals surface area contributed by atoms with Crippen LogP contribution < -0.4 is 0 Å². The highest BCUT2D eigenvalue weighted by atomic mass is 15.0. The second-order valence-corrected chi connectivity index (χ2v) is 12.6. The summed E-state index contributed by atoms with van der Waals surface area (Å²) in [7, 11) is 0. The van der Waals surface area contributed by atoms with Crippen LogP contribution in [0.25, 0.3) is 93.2 Å². The van der Waals surface area contributed by atoms with Gasteiger partial charge in [-0.05, 0) is 85.8 Å². The van der Waals surface area contributed by atoms with E-state index in [2.05, 4.69) is 160 Å². The molecule has 3 nitrogen and oxygen atoms in total. The molecule has 10 rings (SSSR count). The van der Waals surface area contributed by atoms with Crippen molar-refractivity contribution in [2.24, 2.45) is 0 Å². The Hall–Kier alpha value is -6.58. The number of pyridine rings is 2. The molecule has 0 aliphatic heterocycles. The number of fused-ring (bicyclic) bond motifs is 7. The second kappa shape index (κ2) is 11.0. The molecular formula is C46H29N3. The van der Waals surface area contributed by atoms with Gasteiger partial charge in [0.1, 0.15) is 0 Å². The second-order valence-electron chi connectivity index (χ2n) is 12.6. The zero-order valence-electron chi connectivity index (χ0n) is 26.6. The largest absolute Gasteiger partial charge is 0.308 e. The van der Waals surface area contributed by atoms with Gasteiger partial charge in [-0.25, -0.2) is 0 Å². The lowest BCUT2D eigenvalue weighted by Gasteiger charge is -2.15. The lowest BCUT2D eigenvalue weighted by molar-refractivity contribution is 1.20. The van der Waals surface area contributed by atoms with Crippen LogP contribution >= 0.6 is 0 Å². The maximum atomic E-state index is 4.37. The van der Waals surface area contributed by atoms with Crippen LogP contribution in [0.5, 0.6) is 0 Å². The van der Waals surface area contributed by atoms with Gasteiger partial charge < -0.3 is 4.57 Å². The van der Waals surface area contributed by atoms with Crippen molar-refractivity contribution in [3.8, 4) is 39.1 Å². The van der Waals surface area contributed by atoms with E-state index in [0.717, 1.165) is 11.1 Å². The molecule has 0 unspecified atom stereocenters. The summed E-state index contributed by atoms with van der Waals surface area (Å²) >= 11 is 0. The van der Waals surface area contributed by atoms with Gasteiger partial charge in [0.05, 0.1) is 16.7 Å². The molecule has 0 fully saturated rings. The summed E-state index contributed by atoms with van der Waals surface area (Å²) in [6, 6.07) is 55.3. The minimum Gasteiger partial charge on any atom is -0.308 e. The van der Waals surface area contributed by atoms with E-state index in [4.69, 9.17) is 0 Å². The molecule has 0 saturated carbocycles. The zero-order valence-corrected chi connectivity index (χ0v) is 26.6. The summed E-state index contributed by atoms with van der Waals surface area (Å²) in [6.45, 7) is 0. The van der Waals surface area contributed by atoms with Gasteiger partial charge in [0.15, 0.2) is 0 Å². The summed E-state index contributed by atoms with van der Waals surface area (Å²) in [4.78, 5) is 8.62. The van der Waals surface area contributed by atoms with E-state index in [1.807, 2.05) is 30.9 Å². The third-order valence-electron chi connectivity index (χ3n) is 9.97. The van der Waals surface area contributed by atoms with Gasteiger partial charge in [-0.1, -0.05) is 115 Å². The SMILES string of the molecule is c1cncc(-c2ccc3c(ccc4c5ccc(-c6ccc(-c7ccncc7)c7ccccc67)cc5n(-c5cccc6ccccc56)c34)c2)c1. The smallest absolute Gasteiger partial charge is 0.0619 e. The number of hydrogen-bond acceptors (Lipinski definition) is 2. The molecule has 0 bridgehead atoms. The molecule has 0 spiro atoms. The first-order valence-corrected chi connectivity index (χ1v) is 16.6. The van der Waals surface area contributed by atoms with Crippen LogP contribution in [0, 0.1) is 0 Å². The van der Waals surface area contributed by atoms with E-state index < -0.39 is 0 Å². The van der Waals surface area contributed by atoms with Crippen LogP contribution in [0.1, 0.15) is 0 Å². The normalized spacial score (nSPS) is 11.7. The van der Waals surface area contributed by atoms with Crippen molar-refractivity contribution in [1.29, 1.82) is 0 Å². The predicted octanol–water partition coefficient (Wildman–Crippen LogP) is 12.0. The van der Waals surface area contributed by atoms with Gasteiger partial charge in [0.2, 0.25) is 0 Å². The first kappa shape index (κ1) is 27.5. The Morgan fingerprint density at radius 2 is 1.08 bits per heavy atom. The molecular weight excluding hydrogens is 595 g/mol. The van der Waals surface area contributed by atoms with Crippen molar-refractivity contribution in [2.45, 2.75) is 0 Å². The average molecular weight is 624 g/mol. The molecule has 7 aromatic carbocycles. The zero-order chi connectivity index (χ0) is 32.3. The maximum absolute atomic E-state index is 4.37. The topological polar surface area (TPSA) is 30.7 Å². The highest BCUT2D eigenvalue weighted by molar-refractivity contribution is 6.20. The lowest BCUT2D eigenvalue weighted by atomic mass is 9.92. The molecule has 0 aliphatic rings. The van der Waals surface area contributed by atoms with Crippen LogP contribution in [0.15, 0.2) is 176 Å². The fraction of sp³-hybridized carbons (Fsp3) is 0. The first-order chi connectivity index (χ1) is 24.3. The number of hydrogen-bond donors (Lipinski definition) is 0. The standard InChI is InChI=1S/C46H29N3/c1-2-10-38-30(7-1)8-5-13-44(38)49-45-28-34(37-21-20-36(31-22-25-47-26-23-31)40-11-3-4-12-41(37)40)15-18-42(45)43-19-16-33-27-32(14-17-39(33)46(43)49)35-9-6-24-48-29-35/h1-29H. The Morgan fingerprint density at radius 1 is 0.367 bits per heavy atom. The van der Waals surface area contributed by atoms with Gasteiger partial charge >= 0.3 is 0 Å². The summed E-state index contributed by atoms with van der Waals surface area (Å²) < 4.78 is 2.50. The Bertz CT molecular complexity index is 2860. The van der Waals surface area contributed by atoms with Gasteiger partial charge in [-0.2, -0.15) is 0 Å². The van der Waals surface area contributed by atoms with Crippen molar-refractivity contribution < 1.29 is 0 Å². The fourth-order valence-corrected chi connectivity index (χ4v) is 7.70. The van der Waals surface area contributed by atoms with Crippen LogP contribution in [-0.4, -0.2) is 14.5 Å². The molecule has 0 N–H and O–H groups in total. The van der Waals surface area contributed by atoms with Crippen LogP contribution in [0.2, 0.25) is 0 Å². The van der Waals surface area contributed by atoms with Crippen LogP contribution in [0.4, 0.5) is 0 Å². The molecule has 0 aliphatic carbocycles. The van der Waals surface area contributed by atoms with Gasteiger partial charge in [-0.15, -0.1) is 0 Å². The van der Waals surface area contributed by atoms with Crippen molar-refractivity contribution in [1.82, 2.24) is 14.5 Å². The van der Waals surface area contributed by atoms with E-state index in [1.165, 1.54) is 82.1 Å². The van der Waals surface area contributed by atoms with Crippen molar-refractivity contribution >= 4 is 54.1 Å². The monoisotopic (exact) mass is 623 g/mol. The van der Waals surface area contributed by atoms with E-state index in [9.17, 15) is 0 Å². The number of aromatic nitrogens is 3. The molecule has 3 heterocycles. The lowest BCUT2D eigenvalue weighted by Crippen LogP contribution is -1.96. The van der Waals surface area contributed by atoms with E-state index in [1.54, 1.807) is 0 Å². The molecule has 0 atom stereocenters. The molecule has 228 valence electrons. The van der Waals surface area contributed by atoms with Crippen molar-refractivity contribution in [3.63, 3.8) is 0 Å². The predicted molar refractivity (Wildman–Crippen MR) is 205 cm³/mol. The van der Waals surface area contributed by atoms with Gasteiger partial charge in [-0.3, -0.25) is 9.97 Å². The molecule has 0 saturated heterocycles. The summed E-state index contributed by atoms with van der Waals surface area (Å²) in [5, 5.41) is 9.83. The minimum atomic E-state index is 1.12. The van der Waals surface area contributed by atoms with Crippen molar-refractivity contribution in [3.05, 3.63) is 176 Å². The number of nitrogens with zero attached hydrogens (tertiary/aromatic N) is 3. The highest BCUT2D eigenvalue weighted by Gasteiger charge is 2.19. The third kappa shape index (κ3) is 4.37. The third-order valence-corrected chi connectivity index (χ3v) is 9.97. The van der Waals surface area contributed by atoms with E-state index in [0.29, 0.717) is 0 Å². The number of benzene rings is 7. The van der Waals surface area contributed by atoms with Gasteiger partial charge in [0, 0.05) is 51.9 Å². The minimum absolute atomic E-state index is 1.12. The average Bonchev–Trinajstić information content (AvgIpc) is 3.51. The Kier molecular flexibility index (Phi) is 6.18. The van der Waals surface area contributed by atoms with Crippen LogP contribution in [-0.2, 0) is 0 Å². The Balaban J connectivity index is 1.27.